The summed E-state index contributed by atoms with van der Waals surface area (Å²) in [7, 11) is 0. The fraction of sp³-hybridized carbons (Fsp3) is 0.250. The van der Waals surface area contributed by atoms with Crippen LogP contribution in [0.1, 0.15) is 12.1 Å². The molecule has 0 fully saturated rings. The van der Waals surface area contributed by atoms with E-state index in [0.29, 0.717) is 5.69 Å². The molecule has 0 saturated carbocycles. The Bertz CT molecular complexity index is 327. The van der Waals surface area contributed by atoms with Crippen LogP contribution in [0, 0.1) is 3.70 Å². The summed E-state index contributed by atoms with van der Waals surface area (Å²) in [5.41, 5.74) is 0.439. The SMILES string of the molecule is O=C(O)CCc1nc(I)ccc1O. The van der Waals surface area contributed by atoms with E-state index < -0.39 is 5.97 Å². The molecule has 0 unspecified atom stereocenters. The zero-order valence-corrected chi connectivity index (χ0v) is 8.85. The molecule has 0 aliphatic carbocycles. The van der Waals surface area contributed by atoms with Crippen LogP contribution in [0.3, 0.4) is 0 Å². The summed E-state index contributed by atoms with van der Waals surface area (Å²) in [5.74, 6) is -0.832. The van der Waals surface area contributed by atoms with Gasteiger partial charge in [0.05, 0.1) is 12.1 Å². The number of nitrogens with zero attached hydrogens (tertiary/aromatic N) is 1. The minimum atomic E-state index is -0.889. The maximum Gasteiger partial charge on any atom is 0.303 e. The molecule has 5 heteroatoms. The van der Waals surface area contributed by atoms with Gasteiger partial charge in [0.15, 0.2) is 0 Å². The van der Waals surface area contributed by atoms with Crippen LogP contribution >= 0.6 is 22.6 Å². The summed E-state index contributed by atoms with van der Waals surface area (Å²) in [5, 5.41) is 17.7. The minimum absolute atomic E-state index is 0.0132. The number of aryl methyl sites for hydroxylation is 1. The summed E-state index contributed by atoms with van der Waals surface area (Å²) in [6.07, 6.45) is 0.249. The van der Waals surface area contributed by atoms with Gasteiger partial charge in [-0.1, -0.05) is 0 Å². The van der Waals surface area contributed by atoms with Crippen molar-refractivity contribution < 1.29 is 15.0 Å². The minimum Gasteiger partial charge on any atom is -0.506 e. The summed E-state index contributed by atoms with van der Waals surface area (Å²) in [4.78, 5) is 14.3. The molecule has 1 heterocycles. The number of hydrogen-bond donors (Lipinski definition) is 2. The summed E-state index contributed by atoms with van der Waals surface area (Å²) in [6.45, 7) is 0. The first-order valence-electron chi connectivity index (χ1n) is 3.66. The van der Waals surface area contributed by atoms with E-state index in [-0.39, 0.29) is 18.6 Å². The fourth-order valence-corrected chi connectivity index (χ4v) is 1.35. The van der Waals surface area contributed by atoms with Gasteiger partial charge in [0.1, 0.15) is 9.45 Å². The van der Waals surface area contributed by atoms with Gasteiger partial charge in [0.25, 0.3) is 0 Å². The van der Waals surface area contributed by atoms with E-state index in [9.17, 15) is 9.90 Å². The van der Waals surface area contributed by atoms with Crippen molar-refractivity contribution in [2.45, 2.75) is 12.8 Å². The van der Waals surface area contributed by atoms with E-state index in [0.717, 1.165) is 3.70 Å². The molecule has 0 atom stereocenters. The van der Waals surface area contributed by atoms with Gasteiger partial charge in [-0.3, -0.25) is 4.79 Å². The van der Waals surface area contributed by atoms with Gasteiger partial charge in [0.2, 0.25) is 0 Å². The molecule has 0 bridgehead atoms. The summed E-state index contributed by atoms with van der Waals surface area (Å²) in [6, 6.07) is 3.19. The number of hydrogen-bond acceptors (Lipinski definition) is 3. The van der Waals surface area contributed by atoms with Crippen LogP contribution < -0.4 is 0 Å². The quantitative estimate of drug-likeness (QED) is 0.653. The van der Waals surface area contributed by atoms with Gasteiger partial charge in [-0.2, -0.15) is 0 Å². The lowest BCUT2D eigenvalue weighted by molar-refractivity contribution is -0.136. The van der Waals surface area contributed by atoms with Crippen LogP contribution in [0.25, 0.3) is 0 Å². The number of aliphatic carboxylic acids is 1. The number of rotatable bonds is 3. The van der Waals surface area contributed by atoms with E-state index in [2.05, 4.69) is 4.98 Å². The largest absolute Gasteiger partial charge is 0.506 e. The van der Waals surface area contributed by atoms with E-state index >= 15 is 0 Å². The van der Waals surface area contributed by atoms with E-state index in [1.165, 1.54) is 6.07 Å². The summed E-state index contributed by atoms with van der Waals surface area (Å²) >= 11 is 2.01. The predicted octanol–water partition coefficient (Wildman–Crippen LogP) is 1.41. The molecule has 70 valence electrons. The lowest BCUT2D eigenvalue weighted by Crippen LogP contribution is -2.00. The average molecular weight is 293 g/mol. The number of aromatic nitrogens is 1. The van der Waals surface area contributed by atoms with Crippen molar-refractivity contribution in [2.75, 3.05) is 0 Å². The van der Waals surface area contributed by atoms with Gasteiger partial charge in [0, 0.05) is 6.42 Å². The molecule has 13 heavy (non-hydrogen) atoms. The van der Waals surface area contributed by atoms with Crippen LogP contribution in [-0.4, -0.2) is 21.2 Å². The third-order valence-corrected chi connectivity index (χ3v) is 2.09. The van der Waals surface area contributed by atoms with Gasteiger partial charge in [-0.25, -0.2) is 4.98 Å². The van der Waals surface area contributed by atoms with Crippen molar-refractivity contribution >= 4 is 28.6 Å². The van der Waals surface area contributed by atoms with E-state index in [1.54, 1.807) is 6.07 Å². The maximum atomic E-state index is 10.3. The zero-order chi connectivity index (χ0) is 9.84. The third kappa shape index (κ3) is 3.17. The Morgan fingerprint density at radius 1 is 1.54 bits per heavy atom. The molecular formula is C8H8INO3. The van der Waals surface area contributed by atoms with Gasteiger partial charge >= 0.3 is 5.97 Å². The van der Waals surface area contributed by atoms with E-state index in [4.69, 9.17) is 5.11 Å². The molecule has 0 aromatic carbocycles. The highest BCUT2D eigenvalue weighted by atomic mass is 127. The van der Waals surface area contributed by atoms with Crippen LogP contribution in [0.2, 0.25) is 0 Å². The monoisotopic (exact) mass is 293 g/mol. The molecule has 1 rings (SSSR count). The Morgan fingerprint density at radius 2 is 2.23 bits per heavy atom. The number of carbonyl (C=O) groups is 1. The number of carboxylic acid groups (broad SMARTS) is 1. The molecule has 0 aliphatic rings. The molecule has 0 aliphatic heterocycles. The van der Waals surface area contributed by atoms with Gasteiger partial charge in [-0.05, 0) is 34.7 Å². The Hall–Kier alpha value is -0.850. The first-order valence-corrected chi connectivity index (χ1v) is 4.73. The Kier molecular flexibility index (Phi) is 3.47. The van der Waals surface area contributed by atoms with Crippen LogP contribution in [0.4, 0.5) is 0 Å². The number of pyridine rings is 1. The Morgan fingerprint density at radius 3 is 2.85 bits per heavy atom. The molecule has 0 spiro atoms. The molecule has 4 nitrogen and oxygen atoms in total. The lowest BCUT2D eigenvalue weighted by atomic mass is 10.2. The predicted molar refractivity (Wildman–Crippen MR) is 54.6 cm³/mol. The second-order valence-corrected chi connectivity index (χ2v) is 3.60. The summed E-state index contributed by atoms with van der Waals surface area (Å²) < 4.78 is 0.746. The molecule has 0 saturated heterocycles. The standard InChI is InChI=1S/C8H8INO3/c9-7-3-2-6(11)5(10-7)1-4-8(12)13/h2-3,11H,1,4H2,(H,12,13). The number of aromatic hydroxyl groups is 1. The molecule has 1 aromatic heterocycles. The first kappa shape index (κ1) is 10.2. The molecular weight excluding hydrogens is 285 g/mol. The van der Waals surface area contributed by atoms with Crippen molar-refractivity contribution in [1.82, 2.24) is 4.98 Å². The topological polar surface area (TPSA) is 70.4 Å². The second-order valence-electron chi connectivity index (χ2n) is 2.49. The van der Waals surface area contributed by atoms with Crippen LogP contribution in [-0.2, 0) is 11.2 Å². The van der Waals surface area contributed by atoms with Crippen molar-refractivity contribution in [3.05, 3.63) is 21.5 Å². The molecule has 0 radical (unpaired) electrons. The molecule has 2 N–H and O–H groups in total. The highest BCUT2D eigenvalue weighted by molar-refractivity contribution is 14.1. The number of halogens is 1. The van der Waals surface area contributed by atoms with Crippen molar-refractivity contribution in [3.63, 3.8) is 0 Å². The van der Waals surface area contributed by atoms with Crippen molar-refractivity contribution in [1.29, 1.82) is 0 Å². The van der Waals surface area contributed by atoms with Gasteiger partial charge < -0.3 is 10.2 Å². The number of carboxylic acids is 1. The van der Waals surface area contributed by atoms with Crippen LogP contribution in [0.5, 0.6) is 5.75 Å². The Balaban J connectivity index is 2.75. The smallest absolute Gasteiger partial charge is 0.303 e. The third-order valence-electron chi connectivity index (χ3n) is 1.49. The van der Waals surface area contributed by atoms with Crippen LogP contribution in [0.15, 0.2) is 12.1 Å². The molecule has 0 amide bonds. The lowest BCUT2D eigenvalue weighted by Gasteiger charge is -2.01. The highest BCUT2D eigenvalue weighted by Crippen LogP contribution is 2.17. The Labute approximate surface area is 88.8 Å². The second kappa shape index (κ2) is 4.40. The fourth-order valence-electron chi connectivity index (χ4n) is 0.877. The highest BCUT2D eigenvalue weighted by Gasteiger charge is 2.05. The zero-order valence-electron chi connectivity index (χ0n) is 6.70. The van der Waals surface area contributed by atoms with Crippen molar-refractivity contribution in [3.8, 4) is 5.75 Å². The molecule has 1 aromatic rings. The van der Waals surface area contributed by atoms with E-state index in [1.807, 2.05) is 22.6 Å². The first-order chi connectivity index (χ1) is 6.09. The average Bonchev–Trinajstić information content (AvgIpc) is 2.06. The normalized spacial score (nSPS) is 9.92. The van der Waals surface area contributed by atoms with Gasteiger partial charge in [-0.15, -0.1) is 0 Å². The maximum absolute atomic E-state index is 10.3. The van der Waals surface area contributed by atoms with Crippen molar-refractivity contribution in [2.24, 2.45) is 0 Å².